The van der Waals surface area contributed by atoms with E-state index in [4.69, 9.17) is 0 Å². The molecule has 0 saturated carbocycles. The number of hydrogen-bond donors (Lipinski definition) is 2. The summed E-state index contributed by atoms with van der Waals surface area (Å²) in [6, 6.07) is 0. The van der Waals surface area contributed by atoms with E-state index in [9.17, 15) is 4.79 Å². The van der Waals surface area contributed by atoms with Gasteiger partial charge in [-0.3, -0.25) is 10.1 Å². The van der Waals surface area contributed by atoms with Crippen LogP contribution in [0.25, 0.3) is 0 Å². The number of nitrogens with zero attached hydrogens (tertiary/aromatic N) is 3. The molecule has 1 aromatic rings. The predicted molar refractivity (Wildman–Crippen MR) is 77.6 cm³/mol. The monoisotopic (exact) mass is 275 g/mol. The Balaban J connectivity index is 1.53. The fourth-order valence-corrected chi connectivity index (χ4v) is 2.83. The number of aromatic amines is 1. The number of carbonyl (C=O) groups is 1. The van der Waals surface area contributed by atoms with Crippen molar-refractivity contribution in [3.05, 3.63) is 12.2 Å². The minimum atomic E-state index is 0.00268. The van der Waals surface area contributed by atoms with Gasteiger partial charge in [0.05, 0.1) is 0 Å². The van der Waals surface area contributed by atoms with Crippen molar-refractivity contribution in [3.8, 4) is 0 Å². The number of nitrogens with one attached hydrogen (secondary N) is 2. The predicted octanol–water partition coefficient (Wildman–Crippen LogP) is 2.09. The van der Waals surface area contributed by atoms with Crippen molar-refractivity contribution >= 4 is 17.8 Å². The van der Waals surface area contributed by atoms with Crippen LogP contribution in [0.3, 0.4) is 0 Å². The number of amides is 1. The van der Waals surface area contributed by atoms with E-state index in [1.807, 2.05) is 0 Å². The van der Waals surface area contributed by atoms with Gasteiger partial charge in [-0.25, -0.2) is 5.10 Å². The summed E-state index contributed by atoms with van der Waals surface area (Å²) < 4.78 is 0. The second-order valence-corrected chi connectivity index (χ2v) is 5.55. The molecule has 0 bridgehead atoms. The first kappa shape index (κ1) is 13.1. The largest absolute Gasteiger partial charge is 0.340 e. The van der Waals surface area contributed by atoms with Crippen LogP contribution in [0.4, 0.5) is 11.9 Å². The summed E-state index contributed by atoms with van der Waals surface area (Å²) in [5, 5.41) is 9.79. The van der Waals surface area contributed by atoms with Crippen molar-refractivity contribution in [2.24, 2.45) is 5.92 Å². The zero-order valence-electron chi connectivity index (χ0n) is 11.6. The summed E-state index contributed by atoms with van der Waals surface area (Å²) in [4.78, 5) is 18.4. The lowest BCUT2D eigenvalue weighted by Crippen LogP contribution is -2.30. The number of piperidine rings is 1. The van der Waals surface area contributed by atoms with Crippen LogP contribution in [0, 0.1) is 5.92 Å². The Labute approximate surface area is 118 Å². The normalized spacial score (nSPS) is 22.2. The molecule has 1 saturated heterocycles. The molecule has 3 rings (SSSR count). The Morgan fingerprint density at radius 1 is 1.40 bits per heavy atom. The molecule has 6 nitrogen and oxygen atoms in total. The molecule has 2 heterocycles. The summed E-state index contributed by atoms with van der Waals surface area (Å²) in [7, 11) is 0. The van der Waals surface area contributed by atoms with Crippen molar-refractivity contribution in [1.82, 2.24) is 15.2 Å². The smallest absolute Gasteiger partial charge is 0.246 e. The van der Waals surface area contributed by atoms with E-state index in [2.05, 4.69) is 37.6 Å². The highest BCUT2D eigenvalue weighted by atomic mass is 16.1. The fraction of sp³-hybridized carbons (Fsp3) is 0.643. The van der Waals surface area contributed by atoms with E-state index in [0.29, 0.717) is 24.2 Å². The van der Waals surface area contributed by atoms with Gasteiger partial charge in [0.1, 0.15) is 0 Å². The lowest BCUT2D eigenvalue weighted by molar-refractivity contribution is -0.116. The Hall–Kier alpha value is -1.85. The van der Waals surface area contributed by atoms with Gasteiger partial charge in [-0.1, -0.05) is 12.2 Å². The Morgan fingerprint density at radius 2 is 2.25 bits per heavy atom. The quantitative estimate of drug-likeness (QED) is 0.825. The first-order valence-corrected chi connectivity index (χ1v) is 7.45. The molecule has 108 valence electrons. The zero-order chi connectivity index (χ0) is 13.8. The van der Waals surface area contributed by atoms with Crippen molar-refractivity contribution in [3.63, 3.8) is 0 Å². The van der Waals surface area contributed by atoms with Crippen LogP contribution in [-0.2, 0) is 4.79 Å². The lowest BCUT2D eigenvalue weighted by atomic mass is 10.1. The third kappa shape index (κ3) is 3.18. The van der Waals surface area contributed by atoms with Gasteiger partial charge < -0.3 is 4.90 Å². The van der Waals surface area contributed by atoms with Gasteiger partial charge in [0.2, 0.25) is 17.8 Å². The molecule has 1 aliphatic carbocycles. The van der Waals surface area contributed by atoms with Crippen LogP contribution in [0.1, 0.15) is 38.5 Å². The van der Waals surface area contributed by atoms with Gasteiger partial charge in [-0.15, -0.1) is 5.10 Å². The fourth-order valence-electron chi connectivity index (χ4n) is 2.83. The second kappa shape index (κ2) is 6.07. The van der Waals surface area contributed by atoms with Crippen molar-refractivity contribution < 1.29 is 4.79 Å². The minimum Gasteiger partial charge on any atom is -0.340 e. The van der Waals surface area contributed by atoms with Crippen LogP contribution < -0.4 is 10.2 Å². The van der Waals surface area contributed by atoms with Gasteiger partial charge in [-0.2, -0.15) is 4.98 Å². The van der Waals surface area contributed by atoms with Gasteiger partial charge in [0.15, 0.2) is 0 Å². The third-order valence-electron chi connectivity index (χ3n) is 3.93. The first-order valence-electron chi connectivity index (χ1n) is 7.45. The molecule has 1 fully saturated rings. The molecule has 1 unspecified atom stereocenters. The zero-order valence-corrected chi connectivity index (χ0v) is 11.6. The maximum absolute atomic E-state index is 11.9. The molecule has 6 heteroatoms. The highest BCUT2D eigenvalue weighted by Gasteiger charge is 2.18. The van der Waals surface area contributed by atoms with Crippen LogP contribution >= 0.6 is 0 Å². The van der Waals surface area contributed by atoms with E-state index in [0.717, 1.165) is 25.9 Å². The molecule has 20 heavy (non-hydrogen) atoms. The number of aromatic nitrogens is 3. The Morgan fingerprint density at radius 3 is 3.00 bits per heavy atom. The number of allylic oxidation sites excluding steroid dienone is 2. The molecule has 0 spiro atoms. The Bertz CT molecular complexity index is 490. The number of hydrogen-bond acceptors (Lipinski definition) is 4. The highest BCUT2D eigenvalue weighted by molar-refractivity contribution is 5.89. The topological polar surface area (TPSA) is 73.9 Å². The van der Waals surface area contributed by atoms with Crippen LogP contribution in [0.15, 0.2) is 12.2 Å². The third-order valence-corrected chi connectivity index (χ3v) is 3.93. The van der Waals surface area contributed by atoms with Crippen LogP contribution in [0.5, 0.6) is 0 Å². The SMILES string of the molecule is O=C(CC1C=CCC1)Nc1nc(N2CCCCC2)n[nH]1. The molecule has 1 aliphatic heterocycles. The van der Waals surface area contributed by atoms with Crippen molar-refractivity contribution in [2.75, 3.05) is 23.3 Å². The lowest BCUT2D eigenvalue weighted by Gasteiger charge is -2.24. The number of H-pyrrole nitrogens is 1. The van der Waals surface area contributed by atoms with Crippen molar-refractivity contribution in [1.29, 1.82) is 0 Å². The van der Waals surface area contributed by atoms with Crippen LogP contribution in [-0.4, -0.2) is 34.2 Å². The Kier molecular flexibility index (Phi) is 3.99. The molecular formula is C14H21N5O. The summed E-state index contributed by atoms with van der Waals surface area (Å²) >= 11 is 0. The van der Waals surface area contributed by atoms with E-state index in [1.54, 1.807) is 0 Å². The maximum atomic E-state index is 11.9. The summed E-state index contributed by atoms with van der Waals surface area (Å²) in [6.45, 7) is 2.00. The van der Waals surface area contributed by atoms with E-state index >= 15 is 0 Å². The average molecular weight is 275 g/mol. The molecule has 1 atom stereocenters. The molecule has 2 N–H and O–H groups in total. The first-order chi connectivity index (χ1) is 9.81. The molecular weight excluding hydrogens is 254 g/mol. The van der Waals surface area contributed by atoms with Crippen LogP contribution in [0.2, 0.25) is 0 Å². The van der Waals surface area contributed by atoms with E-state index in [-0.39, 0.29) is 5.91 Å². The second-order valence-electron chi connectivity index (χ2n) is 5.55. The van der Waals surface area contributed by atoms with Gasteiger partial charge in [0.25, 0.3) is 0 Å². The summed E-state index contributed by atoms with van der Waals surface area (Å²) in [6.07, 6.45) is 10.6. The number of rotatable bonds is 4. The summed E-state index contributed by atoms with van der Waals surface area (Å²) in [5.74, 6) is 1.53. The minimum absolute atomic E-state index is 0.00268. The number of carbonyl (C=O) groups excluding carboxylic acids is 1. The van der Waals surface area contributed by atoms with Crippen molar-refractivity contribution in [2.45, 2.75) is 38.5 Å². The average Bonchev–Trinajstić information content (AvgIpc) is 3.11. The maximum Gasteiger partial charge on any atom is 0.246 e. The molecule has 1 amide bonds. The van der Waals surface area contributed by atoms with E-state index in [1.165, 1.54) is 19.3 Å². The van der Waals surface area contributed by atoms with Gasteiger partial charge in [-0.05, 0) is 38.0 Å². The van der Waals surface area contributed by atoms with Gasteiger partial charge in [0, 0.05) is 19.5 Å². The summed E-state index contributed by atoms with van der Waals surface area (Å²) in [5.41, 5.74) is 0. The number of anilines is 2. The van der Waals surface area contributed by atoms with E-state index < -0.39 is 0 Å². The molecule has 2 aliphatic rings. The van der Waals surface area contributed by atoms with Gasteiger partial charge >= 0.3 is 0 Å². The highest BCUT2D eigenvalue weighted by Crippen LogP contribution is 2.21. The molecule has 1 aromatic heterocycles. The molecule has 0 aromatic carbocycles. The molecule has 0 radical (unpaired) electrons. The standard InChI is InChI=1S/C14H21N5O/c20-12(10-11-6-2-3-7-11)15-13-16-14(18-17-13)19-8-4-1-5-9-19/h2,6,11H,1,3-5,7-10H2,(H2,15,16,17,18,20).